The maximum Gasteiger partial charge on any atom is 0.163 e. The molecule has 0 aromatic carbocycles. The summed E-state index contributed by atoms with van der Waals surface area (Å²) in [5, 5.41) is 16.3. The van der Waals surface area contributed by atoms with Crippen molar-refractivity contribution in [3.8, 4) is 6.07 Å². The van der Waals surface area contributed by atoms with E-state index in [9.17, 15) is 0 Å². The quantitative estimate of drug-likeness (QED) is 0.691. The molecule has 1 heterocycles. The highest BCUT2D eigenvalue weighted by molar-refractivity contribution is 5.20. The van der Waals surface area contributed by atoms with Gasteiger partial charge in [0.25, 0.3) is 0 Å². The molecule has 3 nitrogen and oxygen atoms in total. The molecule has 0 saturated carbocycles. The van der Waals surface area contributed by atoms with Crippen molar-refractivity contribution in [3.63, 3.8) is 0 Å². The van der Waals surface area contributed by atoms with E-state index in [-0.39, 0.29) is 0 Å². The number of nitrogens with zero attached hydrogens (tertiary/aromatic N) is 3. The standard InChI is InChI=1S/C10H13N3/c1-7(2)8(3)10-5-4-9(6-11)12-13-10/h4-5,7-8H,1-3H3. The molecule has 0 N–H and O–H groups in total. The summed E-state index contributed by atoms with van der Waals surface area (Å²) in [6.07, 6.45) is 0. The van der Waals surface area contributed by atoms with Crippen LogP contribution in [0.2, 0.25) is 0 Å². The Morgan fingerprint density at radius 2 is 1.92 bits per heavy atom. The summed E-state index contributed by atoms with van der Waals surface area (Å²) in [5.41, 5.74) is 1.33. The van der Waals surface area contributed by atoms with Crippen molar-refractivity contribution < 1.29 is 0 Å². The van der Waals surface area contributed by atoms with Crippen LogP contribution in [-0.4, -0.2) is 10.2 Å². The van der Waals surface area contributed by atoms with Crippen LogP contribution in [0.1, 0.15) is 38.1 Å². The average Bonchev–Trinajstić information content (AvgIpc) is 2.17. The van der Waals surface area contributed by atoms with E-state index < -0.39 is 0 Å². The number of hydrogen-bond acceptors (Lipinski definition) is 3. The number of nitriles is 1. The second-order valence-electron chi connectivity index (χ2n) is 3.49. The second kappa shape index (κ2) is 3.99. The van der Waals surface area contributed by atoms with Gasteiger partial charge in [0.2, 0.25) is 0 Å². The largest absolute Gasteiger partial charge is 0.191 e. The van der Waals surface area contributed by atoms with Gasteiger partial charge >= 0.3 is 0 Å². The lowest BCUT2D eigenvalue weighted by atomic mass is 9.94. The molecule has 1 unspecified atom stereocenters. The molecule has 0 aliphatic heterocycles. The van der Waals surface area contributed by atoms with E-state index in [2.05, 4.69) is 31.0 Å². The number of hydrogen-bond donors (Lipinski definition) is 0. The lowest BCUT2D eigenvalue weighted by molar-refractivity contribution is 0.518. The van der Waals surface area contributed by atoms with Crippen molar-refractivity contribution in [2.75, 3.05) is 0 Å². The van der Waals surface area contributed by atoms with Crippen LogP contribution < -0.4 is 0 Å². The highest BCUT2D eigenvalue weighted by atomic mass is 15.1. The Morgan fingerprint density at radius 3 is 2.31 bits per heavy atom. The molecule has 1 atom stereocenters. The second-order valence-corrected chi connectivity index (χ2v) is 3.49. The summed E-state index contributed by atoms with van der Waals surface area (Å²) in [6.45, 7) is 6.40. The predicted molar refractivity (Wildman–Crippen MR) is 50.0 cm³/mol. The van der Waals surface area contributed by atoms with Gasteiger partial charge in [-0.15, -0.1) is 5.10 Å². The Bertz CT molecular complexity index is 308. The van der Waals surface area contributed by atoms with Gasteiger partial charge in [0, 0.05) is 5.92 Å². The molecular weight excluding hydrogens is 162 g/mol. The summed E-state index contributed by atoms with van der Waals surface area (Å²) in [4.78, 5) is 0. The van der Waals surface area contributed by atoms with Crippen LogP contribution in [0, 0.1) is 17.2 Å². The van der Waals surface area contributed by atoms with Crippen molar-refractivity contribution >= 4 is 0 Å². The van der Waals surface area contributed by atoms with Crippen molar-refractivity contribution in [1.29, 1.82) is 5.26 Å². The minimum Gasteiger partial charge on any atom is -0.191 e. The highest BCUT2D eigenvalue weighted by Crippen LogP contribution is 2.20. The Kier molecular flexibility index (Phi) is 2.97. The van der Waals surface area contributed by atoms with Gasteiger partial charge in [0.05, 0.1) is 5.69 Å². The molecule has 0 aliphatic carbocycles. The Morgan fingerprint density at radius 1 is 1.23 bits per heavy atom. The maximum atomic E-state index is 8.52. The lowest BCUT2D eigenvalue weighted by Gasteiger charge is -2.13. The smallest absolute Gasteiger partial charge is 0.163 e. The van der Waals surface area contributed by atoms with E-state index in [1.165, 1.54) is 0 Å². The molecule has 1 aromatic rings. The number of rotatable bonds is 2. The molecule has 0 spiro atoms. The van der Waals surface area contributed by atoms with E-state index >= 15 is 0 Å². The molecule has 0 radical (unpaired) electrons. The van der Waals surface area contributed by atoms with E-state index in [0.717, 1.165) is 5.69 Å². The SMILES string of the molecule is CC(C)C(C)c1ccc(C#N)nn1. The summed E-state index contributed by atoms with van der Waals surface area (Å²) < 4.78 is 0. The normalized spacial score (nSPS) is 12.5. The van der Waals surface area contributed by atoms with Gasteiger partial charge in [-0.2, -0.15) is 10.4 Å². The van der Waals surface area contributed by atoms with Crippen LogP contribution >= 0.6 is 0 Å². The Balaban J connectivity index is 2.87. The first-order valence-electron chi connectivity index (χ1n) is 4.39. The zero-order chi connectivity index (χ0) is 9.84. The third-order valence-corrected chi connectivity index (χ3v) is 2.27. The van der Waals surface area contributed by atoms with Gasteiger partial charge in [-0.25, -0.2) is 0 Å². The minimum atomic E-state index is 0.375. The molecule has 1 rings (SSSR count). The third-order valence-electron chi connectivity index (χ3n) is 2.27. The Labute approximate surface area is 78.4 Å². The van der Waals surface area contributed by atoms with Crippen LogP contribution in [0.3, 0.4) is 0 Å². The molecule has 0 fully saturated rings. The van der Waals surface area contributed by atoms with Crippen molar-refractivity contribution in [2.45, 2.75) is 26.7 Å². The predicted octanol–water partition coefficient (Wildman–Crippen LogP) is 2.11. The first-order valence-corrected chi connectivity index (χ1v) is 4.39. The van der Waals surface area contributed by atoms with Crippen molar-refractivity contribution in [2.24, 2.45) is 5.92 Å². The van der Waals surface area contributed by atoms with Gasteiger partial charge < -0.3 is 0 Å². The lowest BCUT2D eigenvalue weighted by Crippen LogP contribution is -2.05. The van der Waals surface area contributed by atoms with Crippen molar-refractivity contribution in [1.82, 2.24) is 10.2 Å². The fraction of sp³-hybridized carbons (Fsp3) is 0.500. The first kappa shape index (κ1) is 9.66. The molecule has 1 aromatic heterocycles. The molecule has 0 amide bonds. The van der Waals surface area contributed by atoms with Crippen LogP contribution in [0.15, 0.2) is 12.1 Å². The van der Waals surface area contributed by atoms with Gasteiger partial charge in [0.1, 0.15) is 6.07 Å². The van der Waals surface area contributed by atoms with Crippen molar-refractivity contribution in [3.05, 3.63) is 23.5 Å². The monoisotopic (exact) mass is 175 g/mol. The summed E-state index contributed by atoms with van der Waals surface area (Å²) in [5.74, 6) is 0.933. The molecule has 0 saturated heterocycles. The molecule has 0 aliphatic rings. The van der Waals surface area contributed by atoms with Crippen LogP contribution in [0.4, 0.5) is 0 Å². The fourth-order valence-corrected chi connectivity index (χ4v) is 0.987. The summed E-state index contributed by atoms with van der Waals surface area (Å²) in [6, 6.07) is 5.53. The van der Waals surface area contributed by atoms with E-state index in [1.807, 2.05) is 12.1 Å². The van der Waals surface area contributed by atoms with E-state index in [4.69, 9.17) is 5.26 Å². The maximum absolute atomic E-state index is 8.52. The molecular formula is C10H13N3. The molecule has 3 heteroatoms. The van der Waals surface area contributed by atoms with Gasteiger partial charge in [-0.05, 0) is 18.1 Å². The van der Waals surface area contributed by atoms with Crippen LogP contribution in [0.5, 0.6) is 0 Å². The zero-order valence-electron chi connectivity index (χ0n) is 8.15. The Hall–Kier alpha value is -1.43. The van der Waals surface area contributed by atoms with Crippen LogP contribution in [-0.2, 0) is 0 Å². The first-order chi connectivity index (χ1) is 6.15. The van der Waals surface area contributed by atoms with Gasteiger partial charge in [-0.3, -0.25) is 0 Å². The number of aromatic nitrogens is 2. The van der Waals surface area contributed by atoms with Gasteiger partial charge in [-0.1, -0.05) is 20.8 Å². The zero-order valence-corrected chi connectivity index (χ0v) is 8.15. The highest BCUT2D eigenvalue weighted by Gasteiger charge is 2.11. The van der Waals surface area contributed by atoms with Crippen LogP contribution in [0.25, 0.3) is 0 Å². The van der Waals surface area contributed by atoms with E-state index in [1.54, 1.807) is 6.07 Å². The van der Waals surface area contributed by atoms with Gasteiger partial charge in [0.15, 0.2) is 5.69 Å². The fourth-order valence-electron chi connectivity index (χ4n) is 0.987. The average molecular weight is 175 g/mol. The third kappa shape index (κ3) is 2.25. The summed E-state index contributed by atoms with van der Waals surface area (Å²) in [7, 11) is 0. The van der Waals surface area contributed by atoms with E-state index in [0.29, 0.717) is 17.5 Å². The summed E-state index contributed by atoms with van der Waals surface area (Å²) >= 11 is 0. The molecule has 0 bridgehead atoms. The molecule has 13 heavy (non-hydrogen) atoms. The minimum absolute atomic E-state index is 0.375. The topological polar surface area (TPSA) is 49.6 Å². The molecule has 68 valence electrons.